The molecule has 1 atom stereocenters. The standard InChI is InChI=1S/C14H20FNO2/c1-4-6-7-12(5-2)10-16-9-8-14(15,11-16)13(17)18-3/h4-7H,2,8-11H2,1,3H3/b6-4-,12-7+. The first kappa shape index (κ1) is 14.6. The molecule has 1 rings (SSSR count). The fourth-order valence-electron chi connectivity index (χ4n) is 2.00. The van der Waals surface area contributed by atoms with Crippen LogP contribution in [0.2, 0.25) is 0 Å². The predicted octanol–water partition coefficient (Wildman–Crippen LogP) is 2.26. The van der Waals surface area contributed by atoms with Crippen LogP contribution < -0.4 is 0 Å². The number of esters is 1. The number of likely N-dealkylation sites (tertiary alicyclic amines) is 1. The maximum atomic E-state index is 14.2. The molecule has 0 aliphatic carbocycles. The number of rotatable bonds is 5. The van der Waals surface area contributed by atoms with Crippen molar-refractivity contribution in [1.82, 2.24) is 4.90 Å². The summed E-state index contributed by atoms with van der Waals surface area (Å²) in [4.78, 5) is 13.2. The van der Waals surface area contributed by atoms with Crippen molar-refractivity contribution in [2.45, 2.75) is 19.0 Å². The van der Waals surface area contributed by atoms with Gasteiger partial charge in [-0.15, -0.1) is 0 Å². The summed E-state index contributed by atoms with van der Waals surface area (Å²) in [6, 6.07) is 0. The van der Waals surface area contributed by atoms with Gasteiger partial charge in [0.2, 0.25) is 5.67 Å². The first-order valence-corrected chi connectivity index (χ1v) is 5.99. The molecule has 0 N–H and O–H groups in total. The summed E-state index contributed by atoms with van der Waals surface area (Å²) in [5.41, 5.74) is -0.857. The van der Waals surface area contributed by atoms with Gasteiger partial charge in [-0.3, -0.25) is 4.90 Å². The molecule has 0 saturated carbocycles. The molecule has 1 saturated heterocycles. The Morgan fingerprint density at radius 3 is 2.89 bits per heavy atom. The number of hydrogen-bond donors (Lipinski definition) is 0. The number of carbonyl (C=O) groups excluding carboxylic acids is 1. The van der Waals surface area contributed by atoms with Crippen molar-refractivity contribution in [2.24, 2.45) is 0 Å². The highest BCUT2D eigenvalue weighted by molar-refractivity contribution is 5.80. The van der Waals surface area contributed by atoms with Gasteiger partial charge in [0.05, 0.1) is 7.11 Å². The maximum absolute atomic E-state index is 14.2. The van der Waals surface area contributed by atoms with Crippen LogP contribution in [0.15, 0.2) is 36.5 Å². The van der Waals surface area contributed by atoms with Gasteiger partial charge in [0, 0.05) is 26.1 Å². The lowest BCUT2D eigenvalue weighted by atomic mass is 10.1. The highest BCUT2D eigenvalue weighted by Gasteiger charge is 2.46. The Labute approximate surface area is 108 Å². The van der Waals surface area contributed by atoms with Crippen molar-refractivity contribution in [3.63, 3.8) is 0 Å². The molecule has 100 valence electrons. The molecule has 0 spiro atoms. The van der Waals surface area contributed by atoms with Crippen molar-refractivity contribution >= 4 is 5.97 Å². The molecule has 1 heterocycles. The van der Waals surface area contributed by atoms with Gasteiger partial charge in [-0.2, -0.15) is 0 Å². The Morgan fingerprint density at radius 2 is 2.33 bits per heavy atom. The van der Waals surface area contributed by atoms with Crippen molar-refractivity contribution in [1.29, 1.82) is 0 Å². The molecule has 1 aliphatic rings. The molecule has 1 aliphatic heterocycles. The lowest BCUT2D eigenvalue weighted by molar-refractivity contribution is -0.153. The molecule has 1 fully saturated rings. The quantitative estimate of drug-likeness (QED) is 0.556. The lowest BCUT2D eigenvalue weighted by Crippen LogP contribution is -2.38. The van der Waals surface area contributed by atoms with Gasteiger partial charge in [0.15, 0.2) is 0 Å². The van der Waals surface area contributed by atoms with Gasteiger partial charge in [-0.1, -0.05) is 30.9 Å². The minimum Gasteiger partial charge on any atom is -0.467 e. The van der Waals surface area contributed by atoms with Gasteiger partial charge in [-0.05, 0) is 12.5 Å². The fourth-order valence-corrected chi connectivity index (χ4v) is 2.00. The van der Waals surface area contributed by atoms with Crippen molar-refractivity contribution < 1.29 is 13.9 Å². The number of halogens is 1. The van der Waals surface area contributed by atoms with Crippen molar-refractivity contribution in [2.75, 3.05) is 26.7 Å². The van der Waals surface area contributed by atoms with E-state index < -0.39 is 11.6 Å². The Balaban J connectivity index is 2.62. The van der Waals surface area contributed by atoms with Gasteiger partial charge < -0.3 is 4.74 Å². The molecule has 0 aromatic rings. The molecular weight excluding hydrogens is 233 g/mol. The number of hydrogen-bond acceptors (Lipinski definition) is 3. The van der Waals surface area contributed by atoms with E-state index in [2.05, 4.69) is 11.3 Å². The average Bonchev–Trinajstić information content (AvgIpc) is 2.76. The largest absolute Gasteiger partial charge is 0.467 e. The molecule has 0 amide bonds. The fraction of sp³-hybridized carbons (Fsp3) is 0.500. The van der Waals surface area contributed by atoms with Crippen LogP contribution in [-0.2, 0) is 9.53 Å². The van der Waals surface area contributed by atoms with Gasteiger partial charge in [-0.25, -0.2) is 9.18 Å². The van der Waals surface area contributed by atoms with Gasteiger partial charge >= 0.3 is 5.97 Å². The summed E-state index contributed by atoms with van der Waals surface area (Å²) < 4.78 is 18.7. The van der Waals surface area contributed by atoms with E-state index in [1.165, 1.54) is 7.11 Å². The minimum absolute atomic E-state index is 0.0840. The number of allylic oxidation sites excluding steroid dienone is 3. The van der Waals surface area contributed by atoms with Gasteiger partial charge in [0.25, 0.3) is 0 Å². The van der Waals surface area contributed by atoms with E-state index in [0.717, 1.165) is 5.57 Å². The molecule has 0 aromatic heterocycles. The van der Waals surface area contributed by atoms with Crippen LogP contribution in [0.4, 0.5) is 4.39 Å². The Bertz CT molecular complexity index is 376. The maximum Gasteiger partial charge on any atom is 0.345 e. The summed E-state index contributed by atoms with van der Waals surface area (Å²) in [5.74, 6) is -0.775. The molecule has 0 aromatic carbocycles. The third-order valence-corrected chi connectivity index (χ3v) is 3.02. The Kier molecular flexibility index (Phi) is 5.28. The van der Waals surface area contributed by atoms with E-state index in [1.807, 2.05) is 30.1 Å². The number of carbonyl (C=O) groups is 1. The zero-order valence-electron chi connectivity index (χ0n) is 11.0. The summed E-state index contributed by atoms with van der Waals surface area (Å²) in [6.07, 6.45) is 7.70. The van der Waals surface area contributed by atoms with E-state index in [-0.39, 0.29) is 13.0 Å². The van der Waals surface area contributed by atoms with Crippen LogP contribution in [0.1, 0.15) is 13.3 Å². The Morgan fingerprint density at radius 1 is 1.61 bits per heavy atom. The third-order valence-electron chi connectivity index (χ3n) is 3.02. The van der Waals surface area contributed by atoms with Crippen molar-refractivity contribution in [3.05, 3.63) is 36.5 Å². The Hall–Kier alpha value is -1.42. The molecule has 0 bridgehead atoms. The highest BCUT2D eigenvalue weighted by Crippen LogP contribution is 2.27. The van der Waals surface area contributed by atoms with Crippen LogP contribution in [-0.4, -0.2) is 43.3 Å². The average molecular weight is 253 g/mol. The van der Waals surface area contributed by atoms with Crippen LogP contribution >= 0.6 is 0 Å². The summed E-state index contributed by atoms with van der Waals surface area (Å²) in [6.45, 7) is 6.88. The third kappa shape index (κ3) is 3.53. The van der Waals surface area contributed by atoms with Crippen LogP contribution in [0.25, 0.3) is 0 Å². The minimum atomic E-state index is -1.86. The zero-order chi connectivity index (χ0) is 13.6. The SMILES string of the molecule is C=C/C(=C\C=C/C)CN1CCC(F)(C(=O)OC)C1. The number of alkyl halides is 1. The molecular formula is C14H20FNO2. The smallest absolute Gasteiger partial charge is 0.345 e. The molecule has 1 unspecified atom stereocenters. The summed E-state index contributed by atoms with van der Waals surface area (Å²) >= 11 is 0. The van der Waals surface area contributed by atoms with Crippen molar-refractivity contribution in [3.8, 4) is 0 Å². The monoisotopic (exact) mass is 253 g/mol. The number of methoxy groups -OCH3 is 1. The second kappa shape index (κ2) is 6.50. The van der Waals surface area contributed by atoms with Crippen LogP contribution in [0.3, 0.4) is 0 Å². The first-order valence-electron chi connectivity index (χ1n) is 5.99. The number of ether oxygens (including phenoxy) is 1. The van der Waals surface area contributed by atoms with E-state index in [1.54, 1.807) is 6.08 Å². The zero-order valence-corrected chi connectivity index (χ0v) is 11.0. The molecule has 18 heavy (non-hydrogen) atoms. The molecule has 3 nitrogen and oxygen atoms in total. The van der Waals surface area contributed by atoms with E-state index in [0.29, 0.717) is 13.1 Å². The van der Waals surface area contributed by atoms with Crippen LogP contribution in [0, 0.1) is 0 Å². The van der Waals surface area contributed by atoms with E-state index in [9.17, 15) is 9.18 Å². The second-order valence-electron chi connectivity index (χ2n) is 4.39. The second-order valence-corrected chi connectivity index (χ2v) is 4.39. The number of nitrogens with zero attached hydrogens (tertiary/aromatic N) is 1. The highest BCUT2D eigenvalue weighted by atomic mass is 19.1. The normalized spacial score (nSPS) is 25.6. The van der Waals surface area contributed by atoms with E-state index >= 15 is 0 Å². The molecule has 0 radical (unpaired) electrons. The first-order chi connectivity index (χ1) is 8.55. The summed E-state index contributed by atoms with van der Waals surface area (Å²) in [7, 11) is 1.22. The lowest BCUT2D eigenvalue weighted by Gasteiger charge is -2.18. The molecule has 4 heteroatoms. The summed E-state index contributed by atoms with van der Waals surface area (Å²) in [5, 5.41) is 0. The topological polar surface area (TPSA) is 29.5 Å². The van der Waals surface area contributed by atoms with Crippen LogP contribution in [0.5, 0.6) is 0 Å². The predicted molar refractivity (Wildman–Crippen MR) is 70.0 cm³/mol. The van der Waals surface area contributed by atoms with E-state index in [4.69, 9.17) is 0 Å². The van der Waals surface area contributed by atoms with Gasteiger partial charge in [0.1, 0.15) is 0 Å².